The number of likely N-dealkylation sites (N-methyl/N-ethyl adjacent to an activating group) is 2. The summed E-state index contributed by atoms with van der Waals surface area (Å²) in [4.78, 5) is 145. The summed E-state index contributed by atoms with van der Waals surface area (Å²) >= 11 is 0. The van der Waals surface area contributed by atoms with Gasteiger partial charge in [0.05, 0.1) is 60.4 Å². The molecule has 2 heterocycles. The van der Waals surface area contributed by atoms with Crippen LogP contribution in [-0.4, -0.2) is 195 Å². The molecule has 10 atom stereocenters. The number of Topliss-reactive ketones (excluding diaryl/α,β-unsaturated/α-hetero) is 2. The fourth-order valence-corrected chi connectivity index (χ4v) is 13.9. The van der Waals surface area contributed by atoms with Gasteiger partial charge < -0.3 is 44.7 Å². The first-order chi connectivity index (χ1) is 43.9. The Labute approximate surface area is 548 Å². The first kappa shape index (κ1) is 76.8. The average Bonchev–Trinajstić information content (AvgIpc) is 1.82. The summed E-state index contributed by atoms with van der Waals surface area (Å²) in [5.74, 6) is -6.96. The second kappa shape index (κ2) is 36.1. The van der Waals surface area contributed by atoms with Gasteiger partial charge in [0.25, 0.3) is 11.8 Å². The lowest BCUT2D eigenvalue weighted by atomic mass is 9.83. The number of aliphatic carboxylic acids is 1. The highest BCUT2D eigenvalue weighted by molar-refractivity contribution is 7.90. The van der Waals surface area contributed by atoms with E-state index in [0.717, 1.165) is 0 Å². The van der Waals surface area contributed by atoms with Crippen molar-refractivity contribution in [3.05, 3.63) is 59.7 Å². The largest absolute Gasteiger partial charge is 0.484 e. The van der Waals surface area contributed by atoms with Crippen molar-refractivity contribution in [1.82, 2.24) is 35.1 Å². The van der Waals surface area contributed by atoms with E-state index in [1.165, 1.54) is 14.2 Å². The molecule has 1 aliphatic carbocycles. The summed E-state index contributed by atoms with van der Waals surface area (Å²) in [6.07, 6.45) is 1.49. The standard InChI is InChI=1S/C67H102N8O17S/c1-14-42(6)61(73(11)66(84)52(40(2)3)36-55(77)60(41(4)5)72(9)10)56(89-12)37-59(80)75-31-15-16-54(75)62(90-13)44(8)64(82)69-53(65(83)71-93(87,88)51-26-27-51)35-45-19-24-50(25-20-45)91-39-57(78)70-92-38-46-17-21-48(22-18-46)68-63(81)43(7)34-49(76)23-28-58(79)74-32-29-47(30-33-74)67(85)86/h17-22,24-25,40-44,47,51-54,56,60-62H,14-16,23,26-39H2,1-13H3,(H,68,81)(H,69,82)(H,70,78)(H,71,83)(H,85,86)/t42-,43+,44+,52-,53-,54-,56+,60-,61-,62+/m0/s1. The van der Waals surface area contributed by atoms with Gasteiger partial charge in [-0.1, -0.05) is 86.1 Å². The van der Waals surface area contributed by atoms with E-state index in [9.17, 15) is 61.5 Å². The molecule has 0 bridgehead atoms. The third-order valence-electron chi connectivity index (χ3n) is 18.3. The molecule has 26 heteroatoms. The van der Waals surface area contributed by atoms with Gasteiger partial charge in [-0.05, 0) is 106 Å². The summed E-state index contributed by atoms with van der Waals surface area (Å²) in [5, 5.41) is 14.0. The van der Waals surface area contributed by atoms with Gasteiger partial charge in [0.2, 0.25) is 39.6 Å². The maximum absolute atomic E-state index is 14.6. The lowest BCUT2D eigenvalue weighted by Gasteiger charge is -2.41. The number of nitrogens with one attached hydrogen (secondary N) is 4. The molecule has 1 saturated carbocycles. The number of carbonyl (C=O) groups is 10. The second-order valence-corrected chi connectivity index (χ2v) is 28.3. The van der Waals surface area contributed by atoms with Gasteiger partial charge in [0, 0.05) is 90.5 Å². The van der Waals surface area contributed by atoms with Crippen molar-refractivity contribution in [1.29, 1.82) is 0 Å². The quantitative estimate of drug-likeness (QED) is 0.0531. The Balaban J connectivity index is 1.13. The Morgan fingerprint density at radius 1 is 0.720 bits per heavy atom. The van der Waals surface area contributed by atoms with E-state index >= 15 is 0 Å². The van der Waals surface area contributed by atoms with E-state index in [1.54, 1.807) is 84.1 Å². The lowest BCUT2D eigenvalue weighted by molar-refractivity contribution is -0.149. The molecular weight excluding hydrogens is 1220 g/mol. The molecule has 0 radical (unpaired) electrons. The van der Waals surface area contributed by atoms with Gasteiger partial charge in [0.1, 0.15) is 17.6 Å². The number of carboxylic acids is 1. The number of hydrogen-bond donors (Lipinski definition) is 5. The molecule has 25 nitrogen and oxygen atoms in total. The van der Waals surface area contributed by atoms with Crippen molar-refractivity contribution in [3.63, 3.8) is 0 Å². The van der Waals surface area contributed by atoms with Crippen LogP contribution < -0.4 is 25.6 Å². The van der Waals surface area contributed by atoms with Crippen molar-refractivity contribution >= 4 is 74.6 Å². The average molecular weight is 1320 g/mol. The van der Waals surface area contributed by atoms with Crippen LogP contribution in [0.3, 0.4) is 0 Å². The van der Waals surface area contributed by atoms with Crippen LogP contribution in [0.1, 0.15) is 144 Å². The highest BCUT2D eigenvalue weighted by atomic mass is 32.2. The van der Waals surface area contributed by atoms with Crippen LogP contribution in [0, 0.1) is 41.4 Å². The molecule has 2 aromatic carbocycles. The van der Waals surface area contributed by atoms with E-state index in [1.807, 2.05) is 60.5 Å². The van der Waals surface area contributed by atoms with Crippen molar-refractivity contribution < 1.29 is 80.5 Å². The number of likely N-dealkylation sites (tertiary alicyclic amines) is 2. The number of anilines is 1. The van der Waals surface area contributed by atoms with Crippen molar-refractivity contribution in [2.45, 2.75) is 187 Å². The molecule has 93 heavy (non-hydrogen) atoms. The van der Waals surface area contributed by atoms with Crippen molar-refractivity contribution in [2.24, 2.45) is 41.4 Å². The molecule has 7 amide bonds. The van der Waals surface area contributed by atoms with Gasteiger partial charge in [-0.25, -0.2) is 13.9 Å². The molecule has 2 saturated heterocycles. The maximum Gasteiger partial charge on any atom is 0.306 e. The van der Waals surface area contributed by atoms with Crippen LogP contribution in [0.5, 0.6) is 5.75 Å². The molecule has 0 spiro atoms. The zero-order valence-electron chi connectivity index (χ0n) is 56.6. The number of sulfonamides is 1. The summed E-state index contributed by atoms with van der Waals surface area (Å²) < 4.78 is 46.0. The number of amides is 7. The van der Waals surface area contributed by atoms with E-state index in [0.29, 0.717) is 81.4 Å². The van der Waals surface area contributed by atoms with Crippen LogP contribution in [0.4, 0.5) is 5.69 Å². The van der Waals surface area contributed by atoms with E-state index in [2.05, 4.69) is 20.8 Å². The topological polar surface area (TPSA) is 323 Å². The fraction of sp³-hybridized carbons (Fsp3) is 0.672. The summed E-state index contributed by atoms with van der Waals surface area (Å²) in [5.41, 5.74) is 3.95. The molecule has 5 rings (SSSR count). The number of ketones is 2. The number of hydroxylamine groups is 1. The van der Waals surface area contributed by atoms with Crippen molar-refractivity contribution in [2.75, 3.05) is 66.9 Å². The van der Waals surface area contributed by atoms with Crippen LogP contribution >= 0.6 is 0 Å². The van der Waals surface area contributed by atoms with E-state index in [-0.39, 0.29) is 110 Å². The number of carbonyl (C=O) groups excluding carboxylic acids is 9. The van der Waals surface area contributed by atoms with E-state index in [4.69, 9.17) is 19.0 Å². The van der Waals surface area contributed by atoms with Crippen LogP contribution in [0.25, 0.3) is 0 Å². The molecule has 0 unspecified atom stereocenters. The number of rotatable bonds is 38. The van der Waals surface area contributed by atoms with Gasteiger partial charge >= 0.3 is 5.97 Å². The highest BCUT2D eigenvalue weighted by Gasteiger charge is 2.45. The molecule has 2 aromatic rings. The molecule has 3 aliphatic rings. The van der Waals surface area contributed by atoms with Crippen molar-refractivity contribution in [3.8, 4) is 5.75 Å². The number of methoxy groups -OCH3 is 2. The third kappa shape index (κ3) is 22.7. The number of piperidine rings is 1. The summed E-state index contributed by atoms with van der Waals surface area (Å²) in [6, 6.07) is 10.1. The first-order valence-electron chi connectivity index (χ1n) is 32.6. The number of benzene rings is 2. The Morgan fingerprint density at radius 2 is 1.35 bits per heavy atom. The summed E-state index contributed by atoms with van der Waals surface area (Å²) in [7, 11) is 4.37. The van der Waals surface area contributed by atoms with Gasteiger partial charge in [-0.3, -0.25) is 62.4 Å². The number of nitrogens with zero attached hydrogens (tertiary/aromatic N) is 4. The first-order valence-corrected chi connectivity index (χ1v) is 34.2. The smallest absolute Gasteiger partial charge is 0.306 e. The normalized spacial score (nSPS) is 18.3. The third-order valence-corrected chi connectivity index (χ3v) is 20.2. The Kier molecular flexibility index (Phi) is 29.9. The monoisotopic (exact) mass is 1320 g/mol. The maximum atomic E-state index is 14.6. The Hall–Kier alpha value is -6.87. The fourth-order valence-electron chi connectivity index (χ4n) is 12.6. The second-order valence-electron chi connectivity index (χ2n) is 26.3. The molecule has 5 N–H and O–H groups in total. The molecular formula is C67H102N8O17S. The molecule has 518 valence electrons. The number of hydrogen-bond acceptors (Lipinski definition) is 17. The van der Waals surface area contributed by atoms with E-state index < -0.39 is 99.6 Å². The predicted octanol–water partition coefficient (Wildman–Crippen LogP) is 5.32. The minimum Gasteiger partial charge on any atom is -0.484 e. The van der Waals surface area contributed by atoms with Crippen LogP contribution in [0.2, 0.25) is 0 Å². The lowest BCUT2D eigenvalue weighted by Crippen LogP contribution is -2.55. The zero-order chi connectivity index (χ0) is 69.0. The Bertz CT molecular complexity index is 2980. The minimum atomic E-state index is -4.03. The SMILES string of the molecule is CC[C@H](C)[C@@H]([C@@H](CC(=O)N1CCC[C@H]1[C@H](OC)[C@@H](C)C(=O)N[C@@H](Cc1ccc(OCC(=O)NOCc2ccc(NC(=O)[C@H](C)CC(=O)CCC(=O)N3CCC(C(=O)O)CC3)cc2)cc1)C(=O)NS(=O)(=O)C1CC1)OC)N(C)C(=O)[C@@H](CC(=O)[C@H](C(C)C)N(C)C)C(C)C. The highest BCUT2D eigenvalue weighted by Crippen LogP contribution is 2.32. The number of ether oxygens (including phenoxy) is 3. The molecule has 3 fully saturated rings. The number of carboxylic acid groups (broad SMARTS) is 1. The van der Waals surface area contributed by atoms with Gasteiger partial charge in [-0.15, -0.1) is 0 Å². The van der Waals surface area contributed by atoms with Crippen LogP contribution in [-0.2, 0) is 85.3 Å². The Morgan fingerprint density at radius 3 is 1.91 bits per heavy atom. The summed E-state index contributed by atoms with van der Waals surface area (Å²) in [6.45, 7) is 15.7. The predicted molar refractivity (Wildman–Crippen MR) is 347 cm³/mol. The minimum absolute atomic E-state index is 0.00614. The van der Waals surface area contributed by atoms with Crippen LogP contribution in [0.15, 0.2) is 48.5 Å². The zero-order valence-corrected chi connectivity index (χ0v) is 57.4. The molecule has 2 aliphatic heterocycles. The van der Waals surface area contributed by atoms with Gasteiger partial charge in [-0.2, -0.15) is 0 Å². The molecule has 0 aromatic heterocycles. The van der Waals surface area contributed by atoms with Gasteiger partial charge in [0.15, 0.2) is 12.4 Å².